The fraction of sp³-hybridized carbons (Fsp3) is 0.400. The van der Waals surface area contributed by atoms with Crippen LogP contribution in [-0.2, 0) is 6.54 Å². The lowest BCUT2D eigenvalue weighted by molar-refractivity contribution is -0.173. The number of fused-ring (bicyclic) bond motifs is 1. The first-order valence-corrected chi connectivity index (χ1v) is 6.45. The van der Waals surface area contributed by atoms with Crippen molar-refractivity contribution in [3.8, 4) is 0 Å². The Kier molecular flexibility index (Phi) is 4.28. The molecule has 0 aliphatic rings. The maximum absolute atomic E-state index is 12.5. The summed E-state index contributed by atoms with van der Waals surface area (Å²) >= 11 is 0. The Bertz CT molecular complexity index is 581. The van der Waals surface area contributed by atoms with E-state index in [0.717, 1.165) is 16.5 Å². The van der Waals surface area contributed by atoms with E-state index >= 15 is 0 Å². The molecule has 1 aromatic heterocycles. The van der Waals surface area contributed by atoms with Gasteiger partial charge in [-0.2, -0.15) is 13.2 Å². The van der Waals surface area contributed by atoms with Gasteiger partial charge in [-0.25, -0.2) is 0 Å². The fourth-order valence-corrected chi connectivity index (χ4v) is 2.15. The second kappa shape index (κ2) is 5.79. The predicted octanol–water partition coefficient (Wildman–Crippen LogP) is 3.87. The van der Waals surface area contributed by atoms with Crippen LogP contribution in [0.2, 0.25) is 0 Å². The van der Waals surface area contributed by atoms with Gasteiger partial charge in [0.1, 0.15) is 0 Å². The summed E-state index contributed by atoms with van der Waals surface area (Å²) in [5, 5.41) is 1.00. The summed E-state index contributed by atoms with van der Waals surface area (Å²) < 4.78 is 37.6. The lowest BCUT2D eigenvalue weighted by atomic mass is 10.1. The van der Waals surface area contributed by atoms with Crippen LogP contribution < -0.4 is 0 Å². The van der Waals surface area contributed by atoms with E-state index in [9.17, 15) is 13.2 Å². The van der Waals surface area contributed by atoms with Crippen molar-refractivity contribution in [2.24, 2.45) is 5.92 Å². The molecule has 1 aromatic carbocycles. The van der Waals surface area contributed by atoms with E-state index in [0.29, 0.717) is 6.54 Å². The van der Waals surface area contributed by atoms with E-state index in [1.165, 1.54) is 6.92 Å². The number of aromatic nitrogens is 1. The molecule has 0 saturated carbocycles. The molecule has 20 heavy (non-hydrogen) atoms. The summed E-state index contributed by atoms with van der Waals surface area (Å²) in [6.07, 6.45) is -2.42. The summed E-state index contributed by atoms with van der Waals surface area (Å²) in [6.45, 7) is 1.64. The topological polar surface area (TPSA) is 16.1 Å². The van der Waals surface area contributed by atoms with Gasteiger partial charge in [0, 0.05) is 24.7 Å². The molecule has 0 spiro atoms. The molecule has 0 fully saturated rings. The van der Waals surface area contributed by atoms with E-state index in [1.807, 2.05) is 30.3 Å². The lowest BCUT2D eigenvalue weighted by Gasteiger charge is -2.23. The highest BCUT2D eigenvalue weighted by Crippen LogP contribution is 2.26. The molecule has 0 amide bonds. The summed E-state index contributed by atoms with van der Waals surface area (Å²) in [7, 11) is 1.69. The van der Waals surface area contributed by atoms with E-state index < -0.39 is 12.1 Å². The molecule has 2 rings (SSSR count). The molecule has 1 atom stereocenters. The highest BCUT2D eigenvalue weighted by molar-refractivity contribution is 5.78. The highest BCUT2D eigenvalue weighted by Gasteiger charge is 2.36. The quantitative estimate of drug-likeness (QED) is 0.846. The molecule has 5 heteroatoms. The van der Waals surface area contributed by atoms with Gasteiger partial charge in [0.25, 0.3) is 0 Å². The lowest BCUT2D eigenvalue weighted by Crippen LogP contribution is -2.32. The molecule has 0 bridgehead atoms. The minimum absolute atomic E-state index is 0.0175. The summed E-state index contributed by atoms with van der Waals surface area (Å²) in [5.74, 6) is -1.33. The third-order valence-corrected chi connectivity index (χ3v) is 3.24. The molecule has 0 saturated heterocycles. The summed E-state index contributed by atoms with van der Waals surface area (Å²) in [5.41, 5.74) is 1.81. The zero-order valence-electron chi connectivity index (χ0n) is 11.5. The van der Waals surface area contributed by atoms with E-state index in [-0.39, 0.29) is 6.54 Å². The van der Waals surface area contributed by atoms with Crippen molar-refractivity contribution in [2.45, 2.75) is 19.6 Å². The number of alkyl halides is 3. The molecule has 0 aliphatic carbocycles. The van der Waals surface area contributed by atoms with Crippen LogP contribution >= 0.6 is 0 Å². The van der Waals surface area contributed by atoms with Gasteiger partial charge in [0.2, 0.25) is 0 Å². The molecule has 0 radical (unpaired) electrons. The predicted molar refractivity (Wildman–Crippen MR) is 73.3 cm³/mol. The van der Waals surface area contributed by atoms with Gasteiger partial charge in [-0.3, -0.25) is 4.98 Å². The first-order chi connectivity index (χ1) is 9.36. The number of nitrogens with zero attached hydrogens (tertiary/aromatic N) is 2. The number of rotatable bonds is 4. The zero-order valence-corrected chi connectivity index (χ0v) is 11.5. The molecular weight excluding hydrogens is 265 g/mol. The van der Waals surface area contributed by atoms with Gasteiger partial charge in [-0.1, -0.05) is 25.1 Å². The average molecular weight is 282 g/mol. The minimum atomic E-state index is -4.14. The first-order valence-electron chi connectivity index (χ1n) is 6.45. The molecule has 0 unspecified atom stereocenters. The Balaban J connectivity index is 2.04. The SMILES string of the molecule is C[C@@H](CN(C)Cc1cnc2ccccc2c1)C(F)(F)F. The second-order valence-electron chi connectivity index (χ2n) is 5.18. The maximum Gasteiger partial charge on any atom is 0.392 e. The van der Waals surface area contributed by atoms with Crippen molar-refractivity contribution in [1.29, 1.82) is 0 Å². The van der Waals surface area contributed by atoms with Crippen LogP contribution in [0.25, 0.3) is 10.9 Å². The Morgan fingerprint density at radius 1 is 1.25 bits per heavy atom. The monoisotopic (exact) mass is 282 g/mol. The van der Waals surface area contributed by atoms with Crippen molar-refractivity contribution < 1.29 is 13.2 Å². The Hall–Kier alpha value is -1.62. The zero-order chi connectivity index (χ0) is 14.8. The number of benzene rings is 1. The molecule has 0 N–H and O–H groups in total. The Morgan fingerprint density at radius 3 is 2.65 bits per heavy atom. The summed E-state index contributed by atoms with van der Waals surface area (Å²) in [4.78, 5) is 5.98. The van der Waals surface area contributed by atoms with Gasteiger partial charge in [-0.15, -0.1) is 0 Å². The molecular formula is C15H17F3N2. The van der Waals surface area contributed by atoms with Crippen molar-refractivity contribution in [1.82, 2.24) is 9.88 Å². The van der Waals surface area contributed by atoms with Crippen LogP contribution in [0.1, 0.15) is 12.5 Å². The maximum atomic E-state index is 12.5. The molecule has 2 aromatic rings. The third kappa shape index (κ3) is 3.70. The molecule has 108 valence electrons. The van der Waals surface area contributed by atoms with Gasteiger partial charge in [0.05, 0.1) is 11.4 Å². The van der Waals surface area contributed by atoms with Gasteiger partial charge in [-0.05, 0) is 24.7 Å². The number of para-hydroxylation sites is 1. The Labute approximate surface area is 116 Å². The largest absolute Gasteiger partial charge is 0.392 e. The normalized spacial score (nSPS) is 13.9. The van der Waals surface area contributed by atoms with Crippen LogP contribution in [0.3, 0.4) is 0 Å². The van der Waals surface area contributed by atoms with Crippen LogP contribution in [0, 0.1) is 5.92 Å². The van der Waals surface area contributed by atoms with Crippen molar-refractivity contribution in [3.63, 3.8) is 0 Å². The van der Waals surface area contributed by atoms with E-state index in [1.54, 1.807) is 18.1 Å². The smallest absolute Gasteiger partial charge is 0.301 e. The van der Waals surface area contributed by atoms with Crippen LogP contribution in [0.5, 0.6) is 0 Å². The van der Waals surface area contributed by atoms with Gasteiger partial charge >= 0.3 is 6.18 Å². The van der Waals surface area contributed by atoms with Gasteiger partial charge < -0.3 is 4.90 Å². The van der Waals surface area contributed by atoms with Crippen LogP contribution in [0.15, 0.2) is 36.5 Å². The molecule has 2 nitrogen and oxygen atoms in total. The standard InChI is InChI=1S/C15H17F3N2/c1-11(15(16,17)18)9-20(2)10-12-7-13-5-3-4-6-14(13)19-8-12/h3-8,11H,9-10H2,1-2H3/t11-/m0/s1. The average Bonchev–Trinajstić information content (AvgIpc) is 2.37. The summed E-state index contributed by atoms with van der Waals surface area (Å²) in [6, 6.07) is 9.66. The Morgan fingerprint density at radius 2 is 1.95 bits per heavy atom. The first kappa shape index (κ1) is 14.8. The minimum Gasteiger partial charge on any atom is -0.301 e. The van der Waals surface area contributed by atoms with Crippen molar-refractivity contribution in [3.05, 3.63) is 42.1 Å². The molecule has 1 heterocycles. The van der Waals surface area contributed by atoms with E-state index in [4.69, 9.17) is 0 Å². The van der Waals surface area contributed by atoms with Crippen molar-refractivity contribution >= 4 is 10.9 Å². The van der Waals surface area contributed by atoms with Crippen molar-refractivity contribution in [2.75, 3.05) is 13.6 Å². The van der Waals surface area contributed by atoms with Crippen LogP contribution in [0.4, 0.5) is 13.2 Å². The highest BCUT2D eigenvalue weighted by atomic mass is 19.4. The number of hydrogen-bond donors (Lipinski definition) is 0. The number of hydrogen-bond acceptors (Lipinski definition) is 2. The van der Waals surface area contributed by atoms with Gasteiger partial charge in [0.15, 0.2) is 0 Å². The number of halogens is 3. The van der Waals surface area contributed by atoms with Crippen LogP contribution in [-0.4, -0.2) is 29.7 Å². The second-order valence-corrected chi connectivity index (χ2v) is 5.18. The van der Waals surface area contributed by atoms with E-state index in [2.05, 4.69) is 4.98 Å². The molecule has 0 aliphatic heterocycles. The third-order valence-electron chi connectivity index (χ3n) is 3.24. The number of pyridine rings is 1. The fourth-order valence-electron chi connectivity index (χ4n) is 2.15.